The van der Waals surface area contributed by atoms with E-state index in [1.165, 1.54) is 22.3 Å². The first-order chi connectivity index (χ1) is 12.3. The van der Waals surface area contributed by atoms with Crippen LogP contribution in [-0.2, 0) is 19.2 Å². The summed E-state index contributed by atoms with van der Waals surface area (Å²) in [5.74, 6) is 0. The van der Waals surface area contributed by atoms with Gasteiger partial charge in [-0.3, -0.25) is 0 Å². The number of hydrogen-bond acceptors (Lipinski definition) is 0. The second-order valence-corrected chi connectivity index (χ2v) is 9.04. The maximum absolute atomic E-state index is 3.98. The van der Waals surface area contributed by atoms with Gasteiger partial charge >= 0.3 is 160 Å². The molecular formula is C24H22Cl2Ti. The molecule has 3 heteroatoms. The van der Waals surface area contributed by atoms with Crippen LogP contribution in [0.2, 0.25) is 0 Å². The van der Waals surface area contributed by atoms with Gasteiger partial charge in [0, 0.05) is 0 Å². The number of benzene rings is 2. The van der Waals surface area contributed by atoms with Crippen LogP contribution in [-0.4, -0.2) is 0 Å². The predicted molar refractivity (Wildman–Crippen MR) is 104 cm³/mol. The van der Waals surface area contributed by atoms with Crippen LogP contribution in [0.4, 0.5) is 0 Å². The van der Waals surface area contributed by atoms with Crippen molar-refractivity contribution in [2.45, 2.75) is 21.3 Å². The van der Waals surface area contributed by atoms with E-state index in [1.54, 1.807) is 11.1 Å². The van der Waals surface area contributed by atoms with Crippen molar-refractivity contribution in [2.24, 2.45) is 0 Å². The summed E-state index contributed by atoms with van der Waals surface area (Å²) in [6.07, 6.45) is 10.9. The fourth-order valence-electron chi connectivity index (χ4n) is 4.02. The number of allylic oxidation sites excluding steroid dienone is 4. The smallest absolute Gasteiger partial charge is 1.00 e. The second-order valence-electron chi connectivity index (χ2n) is 6.71. The Bertz CT molecular complexity index is 821. The summed E-state index contributed by atoms with van der Waals surface area (Å²) in [6, 6.07) is 17.8. The molecule has 2 unspecified atom stereocenters. The van der Waals surface area contributed by atoms with Gasteiger partial charge in [-0.25, -0.2) is 0 Å². The van der Waals surface area contributed by atoms with E-state index >= 15 is 0 Å². The Hall–Kier alpha value is -1.31. The summed E-state index contributed by atoms with van der Waals surface area (Å²) in [6.45, 7) is 7.96. The first-order valence-corrected chi connectivity index (χ1v) is 10.7. The van der Waals surface area contributed by atoms with Gasteiger partial charge in [-0.05, 0) is 0 Å². The molecule has 0 aromatic heterocycles. The molecule has 0 nitrogen and oxygen atoms in total. The first kappa shape index (κ1) is 22.0. The topological polar surface area (TPSA) is 0 Å². The normalized spacial score (nSPS) is 18.7. The molecule has 0 bridgehead atoms. The Morgan fingerprint density at radius 2 is 1.11 bits per heavy atom. The largest absolute Gasteiger partial charge is 1.00 e. The van der Waals surface area contributed by atoms with Gasteiger partial charge < -0.3 is 24.8 Å². The average Bonchev–Trinajstić information content (AvgIpc) is 3.15. The predicted octanol–water partition coefficient (Wildman–Crippen LogP) is 0.506. The minimum absolute atomic E-state index is 0. The molecule has 0 saturated heterocycles. The van der Waals surface area contributed by atoms with Crippen LogP contribution < -0.4 is 24.8 Å². The third-order valence-corrected chi connectivity index (χ3v) is 8.30. The first-order valence-electron chi connectivity index (χ1n) is 8.88. The van der Waals surface area contributed by atoms with Crippen molar-refractivity contribution in [3.8, 4) is 0 Å². The Labute approximate surface area is 183 Å². The van der Waals surface area contributed by atoms with Crippen LogP contribution >= 0.6 is 0 Å². The van der Waals surface area contributed by atoms with Crippen LogP contribution in [0.5, 0.6) is 0 Å². The standard InChI is InChI=1S/2C12H11.2ClH.Ti/c2*1-2-5-10-8-11-6-3-4-7-12(11)9-10;;;/h2*2-4,6-9H,1,5H2;2*1H;/q;;;;+2/p-2. The summed E-state index contributed by atoms with van der Waals surface area (Å²) in [4.78, 5) is 0. The Morgan fingerprint density at radius 1 is 0.704 bits per heavy atom. The molecule has 0 heterocycles. The van der Waals surface area contributed by atoms with Gasteiger partial charge in [0.15, 0.2) is 0 Å². The molecule has 2 aromatic rings. The fraction of sp³-hybridized carbons (Fsp3) is 0.167. The summed E-state index contributed by atoms with van der Waals surface area (Å²) >= 11 is -0.265. The van der Waals surface area contributed by atoms with Crippen LogP contribution in [0.15, 0.2) is 85.0 Å². The van der Waals surface area contributed by atoms with Crippen molar-refractivity contribution >= 4 is 12.2 Å². The number of rotatable bonds is 6. The van der Waals surface area contributed by atoms with Crippen molar-refractivity contribution in [3.63, 3.8) is 0 Å². The van der Waals surface area contributed by atoms with Gasteiger partial charge in [0.1, 0.15) is 0 Å². The molecule has 0 spiro atoms. The Morgan fingerprint density at radius 3 is 1.52 bits per heavy atom. The van der Waals surface area contributed by atoms with Crippen LogP contribution in [0.25, 0.3) is 12.2 Å². The van der Waals surface area contributed by atoms with E-state index in [4.69, 9.17) is 0 Å². The van der Waals surface area contributed by atoms with Gasteiger partial charge in [-0.1, -0.05) is 0 Å². The van der Waals surface area contributed by atoms with Gasteiger partial charge in [-0.15, -0.1) is 0 Å². The van der Waals surface area contributed by atoms with E-state index in [1.807, 2.05) is 0 Å². The molecule has 0 N–H and O–H groups in total. The van der Waals surface area contributed by atoms with Gasteiger partial charge in [0.05, 0.1) is 0 Å². The summed E-state index contributed by atoms with van der Waals surface area (Å²) in [5.41, 5.74) is 8.99. The van der Waals surface area contributed by atoms with E-state index < -0.39 is 0 Å². The molecule has 0 aliphatic heterocycles. The third-order valence-electron chi connectivity index (χ3n) is 5.13. The Kier molecular flexibility index (Phi) is 7.95. The monoisotopic (exact) mass is 428 g/mol. The molecule has 2 aliphatic rings. The summed E-state index contributed by atoms with van der Waals surface area (Å²) in [7, 11) is 0. The van der Waals surface area contributed by atoms with E-state index in [2.05, 4.69) is 86.0 Å². The summed E-state index contributed by atoms with van der Waals surface area (Å²) < 4.78 is 1.22. The number of hydrogen-bond donors (Lipinski definition) is 0. The Balaban J connectivity index is 0.00000131. The SMILES string of the molecule is C=CCC1=Cc2ccccc2[CH]1[Ti+2][CH]1C(CC=C)=Cc2ccccc21.[Cl-].[Cl-]. The zero-order chi connectivity index (χ0) is 17.2. The van der Waals surface area contributed by atoms with Crippen molar-refractivity contribution in [1.82, 2.24) is 0 Å². The van der Waals surface area contributed by atoms with Crippen LogP contribution in [0.3, 0.4) is 0 Å². The van der Waals surface area contributed by atoms with E-state index in [0.717, 1.165) is 12.8 Å². The maximum Gasteiger partial charge on any atom is -1.00 e. The van der Waals surface area contributed by atoms with Crippen LogP contribution in [0.1, 0.15) is 43.5 Å². The minimum atomic E-state index is -0.265. The molecule has 136 valence electrons. The zero-order valence-electron chi connectivity index (χ0n) is 15.2. The van der Waals surface area contributed by atoms with Gasteiger partial charge in [-0.2, -0.15) is 0 Å². The number of fused-ring (bicyclic) bond motifs is 2. The molecule has 0 saturated carbocycles. The van der Waals surface area contributed by atoms with Crippen molar-refractivity contribution in [2.75, 3.05) is 0 Å². The quantitative estimate of drug-likeness (QED) is 0.464. The molecule has 27 heavy (non-hydrogen) atoms. The molecule has 0 amide bonds. The molecule has 2 aliphatic carbocycles. The molecule has 0 fully saturated rings. The van der Waals surface area contributed by atoms with Gasteiger partial charge in [0.2, 0.25) is 0 Å². The fourth-order valence-corrected chi connectivity index (χ4v) is 7.22. The van der Waals surface area contributed by atoms with Crippen molar-refractivity contribution in [3.05, 3.63) is 107 Å². The molecule has 2 aromatic carbocycles. The van der Waals surface area contributed by atoms with E-state index in [0.29, 0.717) is 8.45 Å². The van der Waals surface area contributed by atoms with Crippen molar-refractivity contribution in [1.29, 1.82) is 0 Å². The summed E-state index contributed by atoms with van der Waals surface area (Å²) in [5, 5.41) is 0. The average molecular weight is 429 g/mol. The second kappa shape index (κ2) is 9.76. The maximum atomic E-state index is 3.98. The van der Waals surface area contributed by atoms with E-state index in [-0.39, 0.29) is 44.0 Å². The minimum Gasteiger partial charge on any atom is -1.00 e. The van der Waals surface area contributed by atoms with Crippen LogP contribution in [0, 0.1) is 0 Å². The van der Waals surface area contributed by atoms with Crippen molar-refractivity contribution < 1.29 is 44.0 Å². The zero-order valence-corrected chi connectivity index (χ0v) is 18.2. The van der Waals surface area contributed by atoms with E-state index in [9.17, 15) is 0 Å². The third kappa shape index (κ3) is 4.25. The number of halogens is 2. The molecule has 0 radical (unpaired) electrons. The van der Waals surface area contributed by atoms with Gasteiger partial charge in [0.25, 0.3) is 0 Å². The molecular weight excluding hydrogens is 407 g/mol. The molecule has 4 rings (SSSR count). The molecule has 2 atom stereocenters.